The molecule has 5 heteroatoms. The Balaban J connectivity index is 2.11. The van der Waals surface area contributed by atoms with E-state index in [0.717, 1.165) is 15.8 Å². The molecule has 0 spiro atoms. The topological polar surface area (TPSA) is 41.1 Å². The van der Waals surface area contributed by atoms with Gasteiger partial charge in [0.05, 0.1) is 10.7 Å². The summed E-state index contributed by atoms with van der Waals surface area (Å²) in [5.74, 6) is -0.170. The molecule has 1 amide bonds. The standard InChI is InChI=1S/C15H14ClIN2O/c1-2-18-12-6-3-10(4-7-12)15(20)19-14-8-5-11(17)9-13(14)16/h3-9,18H,2H2,1H3,(H,19,20). The second kappa shape index (κ2) is 6.95. The lowest BCUT2D eigenvalue weighted by Crippen LogP contribution is -2.12. The molecule has 0 saturated carbocycles. The molecule has 0 aliphatic heterocycles. The molecular weight excluding hydrogens is 387 g/mol. The average Bonchev–Trinajstić information content (AvgIpc) is 2.43. The SMILES string of the molecule is CCNc1ccc(C(=O)Nc2ccc(I)cc2Cl)cc1. The van der Waals surface area contributed by atoms with Gasteiger partial charge >= 0.3 is 0 Å². The van der Waals surface area contributed by atoms with Gasteiger partial charge in [-0.15, -0.1) is 0 Å². The fourth-order valence-corrected chi connectivity index (χ4v) is 2.63. The summed E-state index contributed by atoms with van der Waals surface area (Å²) in [6.07, 6.45) is 0. The second-order valence-electron chi connectivity index (χ2n) is 4.19. The van der Waals surface area contributed by atoms with Crippen LogP contribution in [0.1, 0.15) is 17.3 Å². The number of halogens is 2. The third-order valence-corrected chi connectivity index (χ3v) is 3.69. The van der Waals surface area contributed by atoms with Crippen molar-refractivity contribution in [3.05, 3.63) is 56.6 Å². The first-order valence-corrected chi connectivity index (χ1v) is 7.66. The molecule has 0 saturated heterocycles. The first kappa shape index (κ1) is 15.1. The number of benzene rings is 2. The molecule has 20 heavy (non-hydrogen) atoms. The van der Waals surface area contributed by atoms with Crippen LogP contribution in [0, 0.1) is 3.57 Å². The van der Waals surface area contributed by atoms with E-state index in [1.54, 1.807) is 18.2 Å². The van der Waals surface area contributed by atoms with E-state index in [4.69, 9.17) is 11.6 Å². The van der Waals surface area contributed by atoms with E-state index in [2.05, 4.69) is 33.2 Å². The molecule has 0 atom stereocenters. The minimum Gasteiger partial charge on any atom is -0.385 e. The van der Waals surface area contributed by atoms with E-state index < -0.39 is 0 Å². The Morgan fingerprint density at radius 3 is 2.50 bits per heavy atom. The van der Waals surface area contributed by atoms with Crippen LogP contribution in [0.4, 0.5) is 11.4 Å². The van der Waals surface area contributed by atoms with Crippen molar-refractivity contribution in [1.29, 1.82) is 0 Å². The lowest BCUT2D eigenvalue weighted by Gasteiger charge is -2.08. The minimum absolute atomic E-state index is 0.170. The summed E-state index contributed by atoms with van der Waals surface area (Å²) < 4.78 is 1.03. The Hall–Kier alpha value is -1.27. The lowest BCUT2D eigenvalue weighted by atomic mass is 10.2. The molecule has 104 valence electrons. The van der Waals surface area contributed by atoms with Crippen molar-refractivity contribution < 1.29 is 4.79 Å². The largest absolute Gasteiger partial charge is 0.385 e. The summed E-state index contributed by atoms with van der Waals surface area (Å²) in [6.45, 7) is 2.88. The van der Waals surface area contributed by atoms with Crippen LogP contribution in [0.25, 0.3) is 0 Å². The molecule has 0 fully saturated rings. The van der Waals surface area contributed by atoms with Crippen LogP contribution < -0.4 is 10.6 Å². The monoisotopic (exact) mass is 400 g/mol. The molecule has 3 nitrogen and oxygen atoms in total. The summed E-state index contributed by atoms with van der Waals surface area (Å²) >= 11 is 8.27. The number of hydrogen-bond acceptors (Lipinski definition) is 2. The Morgan fingerprint density at radius 1 is 1.20 bits per heavy atom. The number of hydrogen-bond donors (Lipinski definition) is 2. The molecule has 0 unspecified atom stereocenters. The number of rotatable bonds is 4. The highest BCUT2D eigenvalue weighted by atomic mass is 127. The molecule has 2 rings (SSSR count). The van der Waals surface area contributed by atoms with Gasteiger partial charge in [-0.05, 0) is 72.0 Å². The van der Waals surface area contributed by atoms with Crippen LogP contribution in [0.15, 0.2) is 42.5 Å². The smallest absolute Gasteiger partial charge is 0.255 e. The molecular formula is C15H14ClIN2O. The molecule has 2 aromatic carbocycles. The Bertz CT molecular complexity index is 614. The van der Waals surface area contributed by atoms with Crippen molar-refractivity contribution in [3.8, 4) is 0 Å². The van der Waals surface area contributed by atoms with E-state index in [-0.39, 0.29) is 5.91 Å². The van der Waals surface area contributed by atoms with Crippen LogP contribution in [0.3, 0.4) is 0 Å². The maximum Gasteiger partial charge on any atom is 0.255 e. The molecule has 2 N–H and O–H groups in total. The fourth-order valence-electron chi connectivity index (χ4n) is 1.73. The quantitative estimate of drug-likeness (QED) is 0.735. The van der Waals surface area contributed by atoms with Crippen molar-refractivity contribution >= 4 is 51.5 Å². The van der Waals surface area contributed by atoms with Gasteiger partial charge in [0, 0.05) is 21.4 Å². The van der Waals surface area contributed by atoms with Gasteiger partial charge in [0.1, 0.15) is 0 Å². The third kappa shape index (κ3) is 3.86. The van der Waals surface area contributed by atoms with E-state index in [0.29, 0.717) is 16.3 Å². The highest BCUT2D eigenvalue weighted by Gasteiger charge is 2.08. The number of carbonyl (C=O) groups excluding carboxylic acids is 1. The van der Waals surface area contributed by atoms with Crippen molar-refractivity contribution in [1.82, 2.24) is 0 Å². The Kier molecular flexibility index (Phi) is 5.25. The van der Waals surface area contributed by atoms with Gasteiger partial charge in [0.15, 0.2) is 0 Å². The second-order valence-corrected chi connectivity index (χ2v) is 5.84. The van der Waals surface area contributed by atoms with Crippen LogP contribution >= 0.6 is 34.2 Å². The highest BCUT2D eigenvalue weighted by molar-refractivity contribution is 14.1. The lowest BCUT2D eigenvalue weighted by molar-refractivity contribution is 0.102. The fraction of sp³-hybridized carbons (Fsp3) is 0.133. The van der Waals surface area contributed by atoms with Crippen LogP contribution in [-0.4, -0.2) is 12.5 Å². The molecule has 0 bridgehead atoms. The van der Waals surface area contributed by atoms with Crippen molar-refractivity contribution in [2.75, 3.05) is 17.2 Å². The molecule has 0 aliphatic rings. The number of nitrogens with one attached hydrogen (secondary N) is 2. The summed E-state index contributed by atoms with van der Waals surface area (Å²) in [4.78, 5) is 12.1. The summed E-state index contributed by atoms with van der Waals surface area (Å²) in [5, 5.41) is 6.53. The zero-order valence-electron chi connectivity index (χ0n) is 10.9. The van der Waals surface area contributed by atoms with Crippen molar-refractivity contribution in [3.63, 3.8) is 0 Å². The minimum atomic E-state index is -0.170. The number of carbonyl (C=O) groups is 1. The zero-order valence-corrected chi connectivity index (χ0v) is 13.8. The summed E-state index contributed by atoms with van der Waals surface area (Å²) in [5.41, 5.74) is 2.21. The van der Waals surface area contributed by atoms with Crippen molar-refractivity contribution in [2.45, 2.75) is 6.92 Å². The molecule has 0 aliphatic carbocycles. The molecule has 0 radical (unpaired) electrons. The maximum absolute atomic E-state index is 12.1. The molecule has 2 aromatic rings. The highest BCUT2D eigenvalue weighted by Crippen LogP contribution is 2.24. The van der Waals surface area contributed by atoms with E-state index in [9.17, 15) is 4.79 Å². The normalized spacial score (nSPS) is 10.2. The van der Waals surface area contributed by atoms with Gasteiger partial charge < -0.3 is 10.6 Å². The molecule has 0 heterocycles. The molecule has 0 aromatic heterocycles. The predicted octanol–water partition coefficient (Wildman–Crippen LogP) is 4.63. The zero-order chi connectivity index (χ0) is 14.5. The van der Waals surface area contributed by atoms with Crippen LogP contribution in [-0.2, 0) is 0 Å². The summed E-state index contributed by atoms with van der Waals surface area (Å²) in [7, 11) is 0. The maximum atomic E-state index is 12.1. The van der Waals surface area contributed by atoms with Gasteiger partial charge in [0.2, 0.25) is 0 Å². The van der Waals surface area contributed by atoms with Gasteiger partial charge in [-0.1, -0.05) is 11.6 Å². The van der Waals surface area contributed by atoms with E-state index >= 15 is 0 Å². The van der Waals surface area contributed by atoms with E-state index in [1.165, 1.54) is 0 Å². The van der Waals surface area contributed by atoms with Gasteiger partial charge in [-0.2, -0.15) is 0 Å². The summed E-state index contributed by atoms with van der Waals surface area (Å²) in [6, 6.07) is 12.8. The predicted molar refractivity (Wildman–Crippen MR) is 92.7 cm³/mol. The van der Waals surface area contributed by atoms with Gasteiger partial charge in [-0.3, -0.25) is 4.79 Å². The van der Waals surface area contributed by atoms with Gasteiger partial charge in [0.25, 0.3) is 5.91 Å². The van der Waals surface area contributed by atoms with Crippen LogP contribution in [0.2, 0.25) is 5.02 Å². The van der Waals surface area contributed by atoms with Crippen LogP contribution in [0.5, 0.6) is 0 Å². The number of amides is 1. The average molecular weight is 401 g/mol. The van der Waals surface area contributed by atoms with Crippen molar-refractivity contribution in [2.24, 2.45) is 0 Å². The van der Waals surface area contributed by atoms with E-state index in [1.807, 2.05) is 31.2 Å². The first-order valence-electron chi connectivity index (χ1n) is 6.20. The van der Waals surface area contributed by atoms with Gasteiger partial charge in [-0.25, -0.2) is 0 Å². The number of anilines is 2. The Labute approximate surface area is 136 Å². The third-order valence-electron chi connectivity index (χ3n) is 2.71. The Morgan fingerprint density at radius 2 is 1.90 bits per heavy atom. The first-order chi connectivity index (χ1) is 9.60.